The number of piperidine rings is 1. The molecule has 1 unspecified atom stereocenters. The summed E-state index contributed by atoms with van der Waals surface area (Å²) in [6.45, 7) is 4.92. The van der Waals surface area contributed by atoms with Crippen LogP contribution in [0.15, 0.2) is 60.8 Å². The Labute approximate surface area is 171 Å². The fourth-order valence-corrected chi connectivity index (χ4v) is 4.11. The zero-order chi connectivity index (χ0) is 20.2. The average Bonchev–Trinajstić information content (AvgIpc) is 2.74. The molecule has 0 saturated carbocycles. The molecular weight excluding hydrogens is 362 g/mol. The van der Waals surface area contributed by atoms with Gasteiger partial charge in [-0.1, -0.05) is 42.5 Å². The Kier molecular flexibility index (Phi) is 5.67. The van der Waals surface area contributed by atoms with Crippen LogP contribution in [0.25, 0.3) is 11.1 Å². The molecule has 5 nitrogen and oxygen atoms in total. The van der Waals surface area contributed by atoms with Crippen molar-refractivity contribution in [2.24, 2.45) is 0 Å². The summed E-state index contributed by atoms with van der Waals surface area (Å²) in [5.74, 6) is 0.382. The third-order valence-electron chi connectivity index (χ3n) is 5.55. The van der Waals surface area contributed by atoms with Gasteiger partial charge in [-0.3, -0.25) is 4.90 Å². The third kappa shape index (κ3) is 4.51. The Morgan fingerprint density at radius 3 is 2.69 bits per heavy atom. The predicted octanol–water partition coefficient (Wildman–Crippen LogP) is 4.53. The van der Waals surface area contributed by atoms with Crippen LogP contribution in [0, 0.1) is 6.92 Å². The number of hydrogen-bond acceptors (Lipinski definition) is 4. The lowest BCUT2D eigenvalue weighted by molar-refractivity contribution is 0.0697. The lowest BCUT2D eigenvalue weighted by Crippen LogP contribution is -2.34. The molecule has 1 atom stereocenters. The highest BCUT2D eigenvalue weighted by Gasteiger charge is 2.22. The molecule has 1 aliphatic rings. The molecule has 0 aliphatic carbocycles. The van der Waals surface area contributed by atoms with Crippen molar-refractivity contribution in [1.82, 2.24) is 14.9 Å². The molecule has 148 valence electrons. The maximum absolute atomic E-state index is 11.5. The molecule has 0 bridgehead atoms. The number of carboxylic acid groups (broad SMARTS) is 1. The van der Waals surface area contributed by atoms with Gasteiger partial charge in [0.05, 0.1) is 5.56 Å². The summed E-state index contributed by atoms with van der Waals surface area (Å²) in [4.78, 5) is 22.8. The first kappa shape index (κ1) is 19.3. The summed E-state index contributed by atoms with van der Waals surface area (Å²) in [5.41, 5.74) is 4.40. The second-order valence-electron chi connectivity index (χ2n) is 7.65. The number of hydrogen-bond donors (Lipinski definition) is 1. The summed E-state index contributed by atoms with van der Waals surface area (Å²) >= 11 is 0. The highest BCUT2D eigenvalue weighted by atomic mass is 16.4. The monoisotopic (exact) mass is 387 g/mol. The third-order valence-corrected chi connectivity index (χ3v) is 5.55. The number of carboxylic acids is 1. The van der Waals surface area contributed by atoms with Crippen molar-refractivity contribution < 1.29 is 9.90 Å². The van der Waals surface area contributed by atoms with Gasteiger partial charge in [0.2, 0.25) is 0 Å². The number of carbonyl (C=O) groups is 1. The molecule has 2 aromatic carbocycles. The van der Waals surface area contributed by atoms with Crippen molar-refractivity contribution in [3.8, 4) is 11.1 Å². The largest absolute Gasteiger partial charge is 0.478 e. The molecule has 1 N–H and O–H groups in total. The average molecular weight is 387 g/mol. The van der Waals surface area contributed by atoms with Crippen LogP contribution in [0.5, 0.6) is 0 Å². The molecule has 29 heavy (non-hydrogen) atoms. The Hall–Kier alpha value is -3.05. The zero-order valence-electron chi connectivity index (χ0n) is 16.6. The lowest BCUT2D eigenvalue weighted by atomic mass is 9.94. The highest BCUT2D eigenvalue weighted by molar-refractivity contribution is 5.95. The van der Waals surface area contributed by atoms with Gasteiger partial charge < -0.3 is 5.11 Å². The van der Waals surface area contributed by atoms with E-state index in [2.05, 4.69) is 27.0 Å². The minimum absolute atomic E-state index is 0.333. The van der Waals surface area contributed by atoms with Crippen LogP contribution in [-0.4, -0.2) is 39.0 Å². The molecule has 4 rings (SSSR count). The minimum Gasteiger partial charge on any atom is -0.478 e. The normalized spacial score (nSPS) is 17.2. The van der Waals surface area contributed by atoms with E-state index in [0.717, 1.165) is 55.1 Å². The van der Waals surface area contributed by atoms with Gasteiger partial charge in [-0.2, -0.15) is 0 Å². The SMILES string of the molecule is Cc1nccc(C2CCCN(Cc3ccc(-c4ccccc4C(=O)O)cc3)C2)n1. The van der Waals surface area contributed by atoms with Crippen LogP contribution in [0.3, 0.4) is 0 Å². The first-order valence-corrected chi connectivity index (χ1v) is 10.0. The van der Waals surface area contributed by atoms with Crippen LogP contribution in [0.2, 0.25) is 0 Å². The van der Waals surface area contributed by atoms with Gasteiger partial charge in [0.1, 0.15) is 5.82 Å². The number of aromatic nitrogens is 2. The molecule has 1 saturated heterocycles. The van der Waals surface area contributed by atoms with E-state index in [1.807, 2.05) is 43.5 Å². The number of likely N-dealkylation sites (tertiary alicyclic amines) is 1. The first-order chi connectivity index (χ1) is 14.1. The Bertz CT molecular complexity index is 1000. The number of aryl methyl sites for hydroxylation is 1. The van der Waals surface area contributed by atoms with E-state index in [9.17, 15) is 9.90 Å². The smallest absolute Gasteiger partial charge is 0.336 e. The highest BCUT2D eigenvalue weighted by Crippen LogP contribution is 2.28. The molecule has 1 fully saturated rings. The number of nitrogens with zero attached hydrogens (tertiary/aromatic N) is 3. The topological polar surface area (TPSA) is 66.3 Å². The maximum Gasteiger partial charge on any atom is 0.336 e. The summed E-state index contributed by atoms with van der Waals surface area (Å²) in [6, 6.07) is 17.4. The molecular formula is C24H25N3O2. The molecule has 0 spiro atoms. The molecule has 0 radical (unpaired) electrons. The van der Waals surface area contributed by atoms with Gasteiger partial charge >= 0.3 is 5.97 Å². The van der Waals surface area contributed by atoms with E-state index in [1.165, 1.54) is 5.56 Å². The van der Waals surface area contributed by atoms with Crippen LogP contribution in [-0.2, 0) is 6.54 Å². The van der Waals surface area contributed by atoms with Crippen LogP contribution < -0.4 is 0 Å². The predicted molar refractivity (Wildman–Crippen MR) is 113 cm³/mol. The lowest BCUT2D eigenvalue weighted by Gasteiger charge is -2.32. The van der Waals surface area contributed by atoms with Crippen molar-refractivity contribution in [2.45, 2.75) is 32.2 Å². The molecule has 3 aromatic rings. The standard InChI is InChI=1S/C24H25N3O2/c1-17-25-13-12-23(26-17)20-5-4-14-27(16-20)15-18-8-10-19(11-9-18)21-6-2-3-7-22(21)24(28)29/h2-3,6-13,20H,4-5,14-16H2,1H3,(H,28,29). The van der Waals surface area contributed by atoms with Gasteiger partial charge in [0, 0.05) is 30.9 Å². The molecule has 2 heterocycles. The molecule has 1 aliphatic heterocycles. The fourth-order valence-electron chi connectivity index (χ4n) is 4.11. The number of benzene rings is 2. The zero-order valence-corrected chi connectivity index (χ0v) is 16.6. The maximum atomic E-state index is 11.5. The summed E-state index contributed by atoms with van der Waals surface area (Å²) in [6.07, 6.45) is 4.18. The van der Waals surface area contributed by atoms with Crippen molar-refractivity contribution >= 4 is 5.97 Å². The van der Waals surface area contributed by atoms with Gasteiger partial charge in [-0.15, -0.1) is 0 Å². The second-order valence-corrected chi connectivity index (χ2v) is 7.65. The van der Waals surface area contributed by atoms with Crippen LogP contribution in [0.1, 0.15) is 46.2 Å². The Morgan fingerprint density at radius 2 is 1.93 bits per heavy atom. The second kappa shape index (κ2) is 8.53. The van der Waals surface area contributed by atoms with Crippen molar-refractivity contribution in [1.29, 1.82) is 0 Å². The number of aromatic carboxylic acids is 1. The number of rotatable bonds is 5. The Balaban J connectivity index is 1.46. The summed E-state index contributed by atoms with van der Waals surface area (Å²) in [7, 11) is 0. The van der Waals surface area contributed by atoms with E-state index >= 15 is 0 Å². The van der Waals surface area contributed by atoms with Crippen molar-refractivity contribution in [3.63, 3.8) is 0 Å². The van der Waals surface area contributed by atoms with Crippen molar-refractivity contribution in [2.75, 3.05) is 13.1 Å². The van der Waals surface area contributed by atoms with E-state index in [-0.39, 0.29) is 0 Å². The van der Waals surface area contributed by atoms with Gasteiger partial charge in [0.25, 0.3) is 0 Å². The van der Waals surface area contributed by atoms with Crippen LogP contribution >= 0.6 is 0 Å². The first-order valence-electron chi connectivity index (χ1n) is 10.0. The van der Waals surface area contributed by atoms with E-state index in [0.29, 0.717) is 11.5 Å². The van der Waals surface area contributed by atoms with Gasteiger partial charge in [-0.25, -0.2) is 14.8 Å². The van der Waals surface area contributed by atoms with Gasteiger partial charge in [-0.05, 0) is 55.1 Å². The van der Waals surface area contributed by atoms with Crippen LogP contribution in [0.4, 0.5) is 0 Å². The fraction of sp³-hybridized carbons (Fsp3) is 0.292. The summed E-state index contributed by atoms with van der Waals surface area (Å²) in [5, 5.41) is 9.42. The van der Waals surface area contributed by atoms with Crippen molar-refractivity contribution in [3.05, 3.63) is 83.4 Å². The molecule has 5 heteroatoms. The van der Waals surface area contributed by atoms with Gasteiger partial charge in [0.15, 0.2) is 0 Å². The summed E-state index contributed by atoms with van der Waals surface area (Å²) < 4.78 is 0. The molecule has 1 aromatic heterocycles. The molecule has 0 amide bonds. The van der Waals surface area contributed by atoms with E-state index < -0.39 is 5.97 Å². The quantitative estimate of drug-likeness (QED) is 0.697. The van der Waals surface area contributed by atoms with E-state index in [1.54, 1.807) is 12.1 Å². The minimum atomic E-state index is -0.899. The van der Waals surface area contributed by atoms with E-state index in [4.69, 9.17) is 0 Å². The Morgan fingerprint density at radius 1 is 1.14 bits per heavy atom.